The largest absolute Gasteiger partial charge is 0.490 e. The van der Waals surface area contributed by atoms with Crippen molar-refractivity contribution in [1.82, 2.24) is 0 Å². The Morgan fingerprint density at radius 1 is 1.43 bits per heavy atom. The first-order chi connectivity index (χ1) is 10.2. The summed E-state index contributed by atoms with van der Waals surface area (Å²) in [7, 11) is 0. The molecule has 0 saturated carbocycles. The van der Waals surface area contributed by atoms with Crippen LogP contribution in [0.3, 0.4) is 0 Å². The van der Waals surface area contributed by atoms with Gasteiger partial charge in [-0.25, -0.2) is 0 Å². The number of hydrogen-bond acceptors (Lipinski definition) is 5. The third-order valence-corrected chi connectivity index (χ3v) is 5.30. The number of hydrogen-bond donors (Lipinski definition) is 2. The molecule has 0 aliphatic carbocycles. The first-order valence-electron chi connectivity index (χ1n) is 7.17. The molecule has 2 heterocycles. The summed E-state index contributed by atoms with van der Waals surface area (Å²) in [6, 6.07) is 7.31. The van der Waals surface area contributed by atoms with E-state index in [1.807, 2.05) is 23.9 Å². The van der Waals surface area contributed by atoms with Gasteiger partial charge in [0, 0.05) is 24.2 Å². The molecule has 2 aliphatic rings. The van der Waals surface area contributed by atoms with Gasteiger partial charge in [-0.2, -0.15) is 11.8 Å². The van der Waals surface area contributed by atoms with Gasteiger partial charge in [0.25, 0.3) is 0 Å². The van der Waals surface area contributed by atoms with Gasteiger partial charge in [0.1, 0.15) is 11.9 Å². The molecule has 5 nitrogen and oxygen atoms in total. The molecule has 0 bridgehead atoms. The Morgan fingerprint density at radius 3 is 2.90 bits per heavy atom. The number of nitrogens with zero attached hydrogens (tertiary/aromatic N) is 1. The molecule has 0 amide bonds. The van der Waals surface area contributed by atoms with E-state index < -0.39 is 0 Å². The molecular formula is C15H20N2O3S. The predicted octanol–water partition coefficient (Wildman–Crippen LogP) is 2.21. The smallest absolute Gasteiger partial charge is 0.170 e. The molecule has 1 aromatic carbocycles. The van der Waals surface area contributed by atoms with E-state index >= 15 is 0 Å². The number of benzene rings is 1. The van der Waals surface area contributed by atoms with Crippen molar-refractivity contribution in [3.63, 3.8) is 0 Å². The van der Waals surface area contributed by atoms with E-state index in [4.69, 9.17) is 20.4 Å². The maximum Gasteiger partial charge on any atom is 0.170 e. The lowest BCUT2D eigenvalue weighted by atomic mass is 9.91. The van der Waals surface area contributed by atoms with Crippen LogP contribution in [-0.4, -0.2) is 40.9 Å². The lowest BCUT2D eigenvalue weighted by Gasteiger charge is -2.37. The van der Waals surface area contributed by atoms with Gasteiger partial charge in [0.2, 0.25) is 0 Å². The van der Waals surface area contributed by atoms with Crippen molar-refractivity contribution >= 4 is 17.6 Å². The summed E-state index contributed by atoms with van der Waals surface area (Å²) in [5, 5.41) is 11.6. The summed E-state index contributed by atoms with van der Waals surface area (Å²) in [6.07, 6.45) is 3.21. The van der Waals surface area contributed by atoms with Crippen molar-refractivity contribution in [2.45, 2.75) is 31.0 Å². The Balaban J connectivity index is 1.63. The highest BCUT2D eigenvalue weighted by atomic mass is 32.2. The van der Waals surface area contributed by atoms with Crippen LogP contribution in [0.1, 0.15) is 24.8 Å². The lowest BCUT2D eigenvalue weighted by molar-refractivity contribution is -0.0958. The molecule has 2 unspecified atom stereocenters. The van der Waals surface area contributed by atoms with Crippen molar-refractivity contribution in [3.05, 3.63) is 29.8 Å². The Hall–Kier alpha value is -1.40. The molecular weight excluding hydrogens is 288 g/mol. The Morgan fingerprint density at radius 2 is 2.24 bits per heavy atom. The van der Waals surface area contributed by atoms with Gasteiger partial charge >= 0.3 is 0 Å². The molecule has 6 heteroatoms. The topological polar surface area (TPSA) is 77.1 Å². The third kappa shape index (κ3) is 3.27. The van der Waals surface area contributed by atoms with Gasteiger partial charge in [0.15, 0.2) is 5.84 Å². The maximum atomic E-state index is 8.65. The van der Waals surface area contributed by atoms with Crippen LogP contribution in [0.5, 0.6) is 5.75 Å². The molecule has 2 aliphatic heterocycles. The number of oxime groups is 1. The average molecular weight is 308 g/mol. The Kier molecular flexibility index (Phi) is 4.26. The van der Waals surface area contributed by atoms with Crippen LogP contribution in [0.2, 0.25) is 0 Å². The monoisotopic (exact) mass is 308 g/mol. The zero-order valence-corrected chi connectivity index (χ0v) is 12.6. The molecule has 2 fully saturated rings. The summed E-state index contributed by atoms with van der Waals surface area (Å²) < 4.78 is 12.1. The van der Waals surface area contributed by atoms with E-state index in [9.17, 15) is 0 Å². The van der Waals surface area contributed by atoms with Crippen LogP contribution in [0, 0.1) is 0 Å². The quantitative estimate of drug-likeness (QED) is 0.387. The van der Waals surface area contributed by atoms with E-state index in [2.05, 4.69) is 5.16 Å². The van der Waals surface area contributed by atoms with Crippen LogP contribution in [0.25, 0.3) is 0 Å². The van der Waals surface area contributed by atoms with Crippen molar-refractivity contribution in [1.29, 1.82) is 0 Å². The van der Waals surface area contributed by atoms with E-state index in [1.165, 1.54) is 5.75 Å². The second kappa shape index (κ2) is 6.15. The van der Waals surface area contributed by atoms with E-state index in [0.29, 0.717) is 5.56 Å². The molecule has 1 aromatic rings. The maximum absolute atomic E-state index is 8.65. The highest BCUT2D eigenvalue weighted by Gasteiger charge is 2.41. The van der Waals surface area contributed by atoms with Gasteiger partial charge in [-0.05, 0) is 36.4 Å². The number of amidine groups is 1. The number of rotatable bonds is 3. The molecule has 3 rings (SSSR count). The zero-order valence-electron chi connectivity index (χ0n) is 11.8. The fraction of sp³-hybridized carbons (Fsp3) is 0.533. The molecule has 114 valence electrons. The molecule has 3 N–H and O–H groups in total. The summed E-state index contributed by atoms with van der Waals surface area (Å²) in [6.45, 7) is 0.771. The van der Waals surface area contributed by atoms with Crippen molar-refractivity contribution in [2.75, 3.05) is 18.1 Å². The molecule has 2 saturated heterocycles. The SMILES string of the molecule is N/C(=N/O)c1ccc(OC2CCOC3(CCSC3)C2)cc1. The summed E-state index contributed by atoms with van der Waals surface area (Å²) >= 11 is 1.96. The van der Waals surface area contributed by atoms with Crippen LogP contribution >= 0.6 is 11.8 Å². The highest BCUT2D eigenvalue weighted by Crippen LogP contribution is 2.39. The van der Waals surface area contributed by atoms with Crippen molar-refractivity contribution < 1.29 is 14.7 Å². The van der Waals surface area contributed by atoms with Gasteiger partial charge < -0.3 is 20.4 Å². The molecule has 2 atom stereocenters. The molecule has 21 heavy (non-hydrogen) atoms. The highest BCUT2D eigenvalue weighted by molar-refractivity contribution is 7.99. The number of thioether (sulfide) groups is 1. The van der Waals surface area contributed by atoms with Gasteiger partial charge in [-0.3, -0.25) is 0 Å². The zero-order chi connectivity index (χ0) is 14.7. The molecule has 0 aromatic heterocycles. The molecule has 0 radical (unpaired) electrons. The normalized spacial score (nSPS) is 29.7. The fourth-order valence-corrected chi connectivity index (χ4v) is 4.28. The Labute approximate surface area is 128 Å². The number of nitrogens with two attached hydrogens (primary N) is 1. The van der Waals surface area contributed by atoms with Crippen LogP contribution in [0.15, 0.2) is 29.4 Å². The predicted molar refractivity (Wildman–Crippen MR) is 83.2 cm³/mol. The van der Waals surface area contributed by atoms with E-state index in [-0.39, 0.29) is 17.5 Å². The van der Waals surface area contributed by atoms with Crippen molar-refractivity contribution in [2.24, 2.45) is 10.9 Å². The Bertz CT molecular complexity index is 512. The lowest BCUT2D eigenvalue weighted by Crippen LogP contribution is -2.43. The standard InChI is InChI=1S/C15H20N2O3S/c16-14(17-18)11-1-3-12(4-2-11)20-13-5-7-19-15(9-13)6-8-21-10-15/h1-4,13,18H,5-10H2,(H2,16,17). The number of ether oxygens (including phenoxy) is 2. The molecule has 1 spiro atoms. The minimum atomic E-state index is 0.0293. The van der Waals surface area contributed by atoms with E-state index in [0.717, 1.165) is 37.4 Å². The van der Waals surface area contributed by atoms with Crippen LogP contribution < -0.4 is 10.5 Å². The first kappa shape index (κ1) is 14.5. The van der Waals surface area contributed by atoms with Crippen molar-refractivity contribution in [3.8, 4) is 5.75 Å². The van der Waals surface area contributed by atoms with E-state index in [1.54, 1.807) is 12.1 Å². The minimum absolute atomic E-state index is 0.0293. The third-order valence-electron chi connectivity index (χ3n) is 4.08. The summed E-state index contributed by atoms with van der Waals surface area (Å²) in [4.78, 5) is 0. The second-order valence-corrected chi connectivity index (χ2v) is 6.68. The van der Waals surface area contributed by atoms with Gasteiger partial charge in [0.05, 0.1) is 12.2 Å². The first-order valence-corrected chi connectivity index (χ1v) is 8.33. The summed E-state index contributed by atoms with van der Waals surface area (Å²) in [5.41, 5.74) is 6.26. The minimum Gasteiger partial charge on any atom is -0.490 e. The summed E-state index contributed by atoms with van der Waals surface area (Å²) in [5.74, 6) is 3.18. The second-order valence-electron chi connectivity index (χ2n) is 5.58. The van der Waals surface area contributed by atoms with Gasteiger partial charge in [-0.1, -0.05) is 5.16 Å². The van der Waals surface area contributed by atoms with Gasteiger partial charge in [-0.15, -0.1) is 0 Å². The van der Waals surface area contributed by atoms with Crippen LogP contribution in [0.4, 0.5) is 0 Å². The fourth-order valence-electron chi connectivity index (χ4n) is 2.90. The van der Waals surface area contributed by atoms with Crippen LogP contribution in [-0.2, 0) is 4.74 Å². The average Bonchev–Trinajstić information content (AvgIpc) is 2.95.